The summed E-state index contributed by atoms with van der Waals surface area (Å²) in [6, 6.07) is 9.09. The summed E-state index contributed by atoms with van der Waals surface area (Å²) < 4.78 is 0. The summed E-state index contributed by atoms with van der Waals surface area (Å²) in [6.07, 6.45) is 6.30. The normalized spacial score (nSPS) is 10.9. The molecular formula is C16H16ClN3. The van der Waals surface area contributed by atoms with E-state index in [9.17, 15) is 0 Å². The highest BCUT2D eigenvalue weighted by atomic mass is 35.5. The van der Waals surface area contributed by atoms with Crippen LogP contribution in [0.2, 0.25) is 5.02 Å². The molecule has 0 fully saturated rings. The van der Waals surface area contributed by atoms with Crippen LogP contribution in [0.4, 0.5) is 5.69 Å². The van der Waals surface area contributed by atoms with Crippen molar-refractivity contribution >= 4 is 29.1 Å². The number of aryl methyl sites for hydroxylation is 1. The van der Waals surface area contributed by atoms with E-state index >= 15 is 0 Å². The Bertz CT molecular complexity index is 645. The van der Waals surface area contributed by atoms with Gasteiger partial charge in [0.2, 0.25) is 0 Å². The van der Waals surface area contributed by atoms with Gasteiger partial charge in [-0.05, 0) is 48.4 Å². The zero-order chi connectivity index (χ0) is 14.5. The number of rotatable bonds is 4. The standard InChI is InChI=1S/C16H16ClN3/c1-2-11-3-5-13(20-10-11)6-8-15(18)14-7-4-12(17)9-16(14)19/h3-10,18H,2,19H2,1H3/b8-6+,18-15?. The van der Waals surface area contributed by atoms with Crippen molar-refractivity contribution < 1.29 is 0 Å². The number of hydrogen-bond acceptors (Lipinski definition) is 3. The maximum Gasteiger partial charge on any atom is 0.0633 e. The van der Waals surface area contributed by atoms with Gasteiger partial charge in [-0.25, -0.2) is 0 Å². The van der Waals surface area contributed by atoms with Crippen molar-refractivity contribution in [3.63, 3.8) is 0 Å². The second-order valence-electron chi connectivity index (χ2n) is 4.42. The van der Waals surface area contributed by atoms with Gasteiger partial charge in [-0.15, -0.1) is 0 Å². The van der Waals surface area contributed by atoms with Gasteiger partial charge in [0.15, 0.2) is 0 Å². The van der Waals surface area contributed by atoms with E-state index in [2.05, 4.69) is 11.9 Å². The molecule has 0 radical (unpaired) electrons. The van der Waals surface area contributed by atoms with Crippen LogP contribution < -0.4 is 5.73 Å². The van der Waals surface area contributed by atoms with Crippen LogP contribution in [0.15, 0.2) is 42.6 Å². The number of nitrogens with one attached hydrogen (secondary N) is 1. The number of anilines is 1. The minimum atomic E-state index is 0.334. The Morgan fingerprint density at radius 2 is 2.15 bits per heavy atom. The molecule has 0 saturated heterocycles. The highest BCUT2D eigenvalue weighted by molar-refractivity contribution is 6.31. The third-order valence-corrected chi connectivity index (χ3v) is 3.22. The largest absolute Gasteiger partial charge is 0.398 e. The molecule has 0 aliphatic carbocycles. The number of aromatic nitrogens is 1. The molecule has 3 nitrogen and oxygen atoms in total. The Morgan fingerprint density at radius 1 is 1.35 bits per heavy atom. The topological polar surface area (TPSA) is 62.8 Å². The first-order chi connectivity index (χ1) is 9.60. The zero-order valence-electron chi connectivity index (χ0n) is 11.2. The van der Waals surface area contributed by atoms with Crippen LogP contribution in [0.3, 0.4) is 0 Å². The lowest BCUT2D eigenvalue weighted by molar-refractivity contribution is 1.10. The first-order valence-corrected chi connectivity index (χ1v) is 6.75. The van der Waals surface area contributed by atoms with Gasteiger partial charge in [-0.1, -0.05) is 24.6 Å². The maximum atomic E-state index is 8.03. The average molecular weight is 286 g/mol. The van der Waals surface area contributed by atoms with E-state index in [1.807, 2.05) is 18.3 Å². The average Bonchev–Trinajstić information content (AvgIpc) is 2.45. The number of nitrogens with zero attached hydrogens (tertiary/aromatic N) is 1. The van der Waals surface area contributed by atoms with Crippen molar-refractivity contribution in [3.8, 4) is 0 Å². The summed E-state index contributed by atoms with van der Waals surface area (Å²) in [5.74, 6) is 0. The number of pyridine rings is 1. The molecule has 1 aromatic carbocycles. The van der Waals surface area contributed by atoms with Crippen molar-refractivity contribution in [1.29, 1.82) is 5.41 Å². The van der Waals surface area contributed by atoms with Crippen LogP contribution in [0.5, 0.6) is 0 Å². The molecule has 2 aromatic rings. The third-order valence-electron chi connectivity index (χ3n) is 2.98. The van der Waals surface area contributed by atoms with Crippen molar-refractivity contribution in [2.24, 2.45) is 0 Å². The predicted octanol–water partition coefficient (Wildman–Crippen LogP) is 3.96. The maximum absolute atomic E-state index is 8.03. The van der Waals surface area contributed by atoms with Crippen molar-refractivity contribution in [2.45, 2.75) is 13.3 Å². The van der Waals surface area contributed by atoms with E-state index in [-0.39, 0.29) is 0 Å². The fraction of sp³-hybridized carbons (Fsp3) is 0.125. The summed E-state index contributed by atoms with van der Waals surface area (Å²) in [6.45, 7) is 2.09. The fourth-order valence-electron chi connectivity index (χ4n) is 1.78. The fourth-order valence-corrected chi connectivity index (χ4v) is 1.96. The molecule has 1 aromatic heterocycles. The molecule has 0 atom stereocenters. The summed E-state index contributed by atoms with van der Waals surface area (Å²) in [5, 5.41) is 8.60. The van der Waals surface area contributed by atoms with Crippen LogP contribution in [0.25, 0.3) is 6.08 Å². The quantitative estimate of drug-likeness (QED) is 0.660. The second kappa shape index (κ2) is 6.35. The van der Waals surface area contributed by atoms with Gasteiger partial charge < -0.3 is 11.1 Å². The van der Waals surface area contributed by atoms with Crippen LogP contribution >= 0.6 is 11.6 Å². The van der Waals surface area contributed by atoms with Crippen molar-refractivity contribution in [2.75, 3.05) is 5.73 Å². The molecule has 0 aliphatic rings. The van der Waals surface area contributed by atoms with Gasteiger partial charge in [-0.2, -0.15) is 0 Å². The van der Waals surface area contributed by atoms with Gasteiger partial charge in [0.05, 0.1) is 11.4 Å². The summed E-state index contributed by atoms with van der Waals surface area (Å²) >= 11 is 5.84. The molecule has 0 aliphatic heterocycles. The number of allylic oxidation sites excluding steroid dienone is 1. The van der Waals surface area contributed by atoms with Gasteiger partial charge >= 0.3 is 0 Å². The molecule has 4 heteroatoms. The first-order valence-electron chi connectivity index (χ1n) is 6.37. The van der Waals surface area contributed by atoms with Crippen LogP contribution in [0.1, 0.15) is 23.7 Å². The Kier molecular flexibility index (Phi) is 4.53. The number of nitrogens with two attached hydrogens (primary N) is 1. The van der Waals surface area contributed by atoms with Crippen molar-refractivity contribution in [3.05, 3.63) is 64.4 Å². The minimum absolute atomic E-state index is 0.334. The third kappa shape index (κ3) is 3.45. The smallest absolute Gasteiger partial charge is 0.0633 e. The number of hydrogen-bond donors (Lipinski definition) is 2. The van der Waals surface area contributed by atoms with Crippen LogP contribution in [-0.4, -0.2) is 10.7 Å². The Balaban J connectivity index is 2.15. The van der Waals surface area contributed by atoms with Gasteiger partial charge in [-0.3, -0.25) is 4.98 Å². The number of nitrogen functional groups attached to an aromatic ring is 1. The molecular weight excluding hydrogens is 270 g/mol. The molecule has 0 spiro atoms. The molecule has 3 N–H and O–H groups in total. The van der Waals surface area contributed by atoms with Crippen LogP contribution in [0, 0.1) is 5.41 Å². The zero-order valence-corrected chi connectivity index (χ0v) is 12.0. The molecule has 0 saturated carbocycles. The summed E-state index contributed by atoms with van der Waals surface area (Å²) in [5.41, 5.74) is 9.36. The Hall–Kier alpha value is -2.13. The lowest BCUT2D eigenvalue weighted by atomic mass is 10.1. The monoisotopic (exact) mass is 285 g/mol. The van der Waals surface area contributed by atoms with E-state index in [0.717, 1.165) is 12.1 Å². The predicted molar refractivity (Wildman–Crippen MR) is 85.3 cm³/mol. The minimum Gasteiger partial charge on any atom is -0.398 e. The Labute approximate surface area is 123 Å². The van der Waals surface area contributed by atoms with E-state index in [1.165, 1.54) is 5.56 Å². The lowest BCUT2D eigenvalue weighted by Gasteiger charge is -2.04. The molecule has 0 unspecified atom stereocenters. The van der Waals surface area contributed by atoms with Gasteiger partial charge in [0.25, 0.3) is 0 Å². The second-order valence-corrected chi connectivity index (χ2v) is 4.86. The first kappa shape index (κ1) is 14.3. The SMILES string of the molecule is CCc1ccc(/C=C/C(=N)c2ccc(Cl)cc2N)nc1. The summed E-state index contributed by atoms with van der Waals surface area (Å²) in [4.78, 5) is 4.32. The molecule has 0 bridgehead atoms. The van der Waals surface area contributed by atoms with Crippen molar-refractivity contribution in [1.82, 2.24) is 4.98 Å². The highest BCUT2D eigenvalue weighted by Crippen LogP contribution is 2.19. The highest BCUT2D eigenvalue weighted by Gasteiger charge is 2.03. The summed E-state index contributed by atoms with van der Waals surface area (Å²) in [7, 11) is 0. The van der Waals surface area contributed by atoms with E-state index in [4.69, 9.17) is 22.7 Å². The van der Waals surface area contributed by atoms with E-state index < -0.39 is 0 Å². The molecule has 2 rings (SSSR count). The van der Waals surface area contributed by atoms with E-state index in [1.54, 1.807) is 30.4 Å². The van der Waals surface area contributed by atoms with Gasteiger partial charge in [0, 0.05) is 22.5 Å². The Morgan fingerprint density at radius 3 is 2.75 bits per heavy atom. The van der Waals surface area contributed by atoms with Crippen LogP contribution in [-0.2, 0) is 6.42 Å². The molecule has 102 valence electrons. The molecule has 0 amide bonds. The van der Waals surface area contributed by atoms with E-state index in [0.29, 0.717) is 22.0 Å². The number of benzene rings is 1. The molecule has 20 heavy (non-hydrogen) atoms. The van der Waals surface area contributed by atoms with Gasteiger partial charge in [0.1, 0.15) is 0 Å². The number of halogens is 1. The lowest BCUT2D eigenvalue weighted by Crippen LogP contribution is -2.00. The molecule has 1 heterocycles.